The zero-order valence-corrected chi connectivity index (χ0v) is 16.4. The van der Waals surface area contributed by atoms with Gasteiger partial charge in [0.15, 0.2) is 5.15 Å². The Labute approximate surface area is 171 Å². The van der Waals surface area contributed by atoms with E-state index in [1.165, 1.54) is 23.2 Å². The monoisotopic (exact) mass is 421 g/mol. The van der Waals surface area contributed by atoms with E-state index in [0.717, 1.165) is 0 Å². The molecule has 9 heteroatoms. The minimum atomic E-state index is -0.459. The van der Waals surface area contributed by atoms with Crippen molar-refractivity contribution in [1.29, 1.82) is 0 Å². The zero-order chi connectivity index (χ0) is 19.9. The third-order valence-electron chi connectivity index (χ3n) is 4.10. The Hall–Kier alpha value is -2.64. The van der Waals surface area contributed by atoms with E-state index in [-0.39, 0.29) is 22.3 Å². The number of nitrogens with one attached hydrogen (secondary N) is 1. The lowest BCUT2D eigenvalue weighted by Crippen LogP contribution is -2.36. The van der Waals surface area contributed by atoms with Crippen LogP contribution in [0.2, 0.25) is 10.2 Å². The maximum absolute atomic E-state index is 14.2. The number of carbonyl (C=O) groups excluding carboxylic acids is 1. The highest BCUT2D eigenvalue weighted by Gasteiger charge is 2.19. The Kier molecular flexibility index (Phi) is 6.84. The van der Waals surface area contributed by atoms with Crippen molar-refractivity contribution in [2.75, 3.05) is 11.9 Å². The smallest absolute Gasteiger partial charge is 0.322 e. The van der Waals surface area contributed by atoms with Crippen LogP contribution in [0.4, 0.5) is 14.9 Å². The lowest BCUT2D eigenvalue weighted by atomic mass is 10.2. The summed E-state index contributed by atoms with van der Waals surface area (Å²) < 4.78 is 16.1. The number of rotatable bonds is 7. The SMILES string of the molecule is O=C(Nc1cccnc1Cl)N(CCCn1ccnc1)Cc1c(F)cccc1Cl. The third-order valence-corrected chi connectivity index (χ3v) is 4.76. The molecule has 6 nitrogen and oxygen atoms in total. The van der Waals surface area contributed by atoms with Gasteiger partial charge in [-0.05, 0) is 30.7 Å². The van der Waals surface area contributed by atoms with Gasteiger partial charge in [0.05, 0.1) is 18.6 Å². The molecular formula is C19H18Cl2FN5O. The van der Waals surface area contributed by atoms with Crippen molar-refractivity contribution in [2.24, 2.45) is 0 Å². The first-order chi connectivity index (χ1) is 13.5. The number of benzene rings is 1. The molecule has 2 amide bonds. The molecule has 1 N–H and O–H groups in total. The van der Waals surface area contributed by atoms with Crippen LogP contribution in [-0.4, -0.2) is 32.0 Å². The van der Waals surface area contributed by atoms with E-state index in [9.17, 15) is 9.18 Å². The summed E-state index contributed by atoms with van der Waals surface area (Å²) in [6.07, 6.45) is 7.41. The average Bonchev–Trinajstić information content (AvgIpc) is 3.18. The fraction of sp³-hybridized carbons (Fsp3) is 0.211. The van der Waals surface area contributed by atoms with Crippen LogP contribution in [0.25, 0.3) is 0 Å². The lowest BCUT2D eigenvalue weighted by molar-refractivity contribution is 0.206. The van der Waals surface area contributed by atoms with Gasteiger partial charge in [-0.3, -0.25) is 0 Å². The summed E-state index contributed by atoms with van der Waals surface area (Å²) in [7, 11) is 0. The minimum Gasteiger partial charge on any atom is -0.337 e. The van der Waals surface area contributed by atoms with Gasteiger partial charge < -0.3 is 14.8 Å². The van der Waals surface area contributed by atoms with Crippen LogP contribution in [0.3, 0.4) is 0 Å². The van der Waals surface area contributed by atoms with Crippen LogP contribution in [0, 0.1) is 5.82 Å². The Morgan fingerprint density at radius 2 is 2.07 bits per heavy atom. The molecule has 0 saturated carbocycles. The summed E-state index contributed by atoms with van der Waals surface area (Å²) in [5, 5.41) is 3.17. The molecule has 0 aliphatic heterocycles. The molecule has 0 spiro atoms. The number of carbonyl (C=O) groups is 1. The van der Waals surface area contributed by atoms with Crippen molar-refractivity contribution in [3.63, 3.8) is 0 Å². The van der Waals surface area contributed by atoms with Gasteiger partial charge in [0.25, 0.3) is 0 Å². The van der Waals surface area contributed by atoms with E-state index in [0.29, 0.717) is 25.2 Å². The number of hydrogen-bond acceptors (Lipinski definition) is 3. The summed E-state index contributed by atoms with van der Waals surface area (Å²) in [5.74, 6) is -0.459. The zero-order valence-electron chi connectivity index (χ0n) is 14.9. The molecule has 1 aromatic carbocycles. The molecule has 0 aliphatic carbocycles. The number of halogens is 3. The maximum atomic E-state index is 14.2. The molecule has 0 saturated heterocycles. The Morgan fingerprint density at radius 1 is 1.21 bits per heavy atom. The van der Waals surface area contributed by atoms with Crippen LogP contribution < -0.4 is 5.32 Å². The van der Waals surface area contributed by atoms with Gasteiger partial charge in [0.2, 0.25) is 0 Å². The van der Waals surface area contributed by atoms with Crippen molar-refractivity contribution in [3.8, 4) is 0 Å². The van der Waals surface area contributed by atoms with Crippen molar-refractivity contribution >= 4 is 34.9 Å². The molecule has 0 bridgehead atoms. The summed E-state index contributed by atoms with van der Waals surface area (Å²) in [6.45, 7) is 1.08. The van der Waals surface area contributed by atoms with Gasteiger partial charge in [-0.25, -0.2) is 19.2 Å². The van der Waals surface area contributed by atoms with Crippen LogP contribution in [0.5, 0.6) is 0 Å². The lowest BCUT2D eigenvalue weighted by Gasteiger charge is -2.24. The first-order valence-electron chi connectivity index (χ1n) is 8.59. The maximum Gasteiger partial charge on any atom is 0.322 e. The molecule has 3 rings (SSSR count). The second kappa shape index (κ2) is 9.52. The normalized spacial score (nSPS) is 10.7. The number of hydrogen-bond donors (Lipinski definition) is 1. The summed E-state index contributed by atoms with van der Waals surface area (Å²) in [5.41, 5.74) is 0.646. The molecule has 2 aromatic heterocycles. The van der Waals surface area contributed by atoms with Crippen LogP contribution in [0.1, 0.15) is 12.0 Å². The van der Waals surface area contributed by atoms with E-state index < -0.39 is 11.8 Å². The van der Waals surface area contributed by atoms with Gasteiger partial charge in [-0.1, -0.05) is 29.3 Å². The second-order valence-corrected chi connectivity index (χ2v) is 6.81. The van der Waals surface area contributed by atoms with E-state index in [4.69, 9.17) is 23.2 Å². The molecule has 2 heterocycles. The number of imidazole rings is 1. The third kappa shape index (κ3) is 5.21. The van der Waals surface area contributed by atoms with Crippen LogP contribution >= 0.6 is 23.2 Å². The predicted molar refractivity (Wildman–Crippen MR) is 107 cm³/mol. The topological polar surface area (TPSA) is 63.1 Å². The number of amides is 2. The highest BCUT2D eigenvalue weighted by atomic mass is 35.5. The molecule has 0 unspecified atom stereocenters. The standard InChI is InChI=1S/C19H18Cl2FN5O/c20-15-4-1-5-16(22)14(15)12-27(10-3-9-26-11-8-23-13-26)19(28)25-17-6-2-7-24-18(17)21/h1-2,4-8,11,13H,3,9-10,12H2,(H,25,28). The van der Waals surface area contributed by atoms with Crippen molar-refractivity contribution in [2.45, 2.75) is 19.5 Å². The molecule has 0 fully saturated rings. The number of anilines is 1. The van der Waals surface area contributed by atoms with Gasteiger partial charge in [-0.15, -0.1) is 0 Å². The number of nitrogens with zero attached hydrogens (tertiary/aromatic N) is 4. The molecule has 0 aliphatic rings. The highest BCUT2D eigenvalue weighted by Crippen LogP contribution is 2.23. The van der Waals surface area contributed by atoms with Gasteiger partial charge >= 0.3 is 6.03 Å². The van der Waals surface area contributed by atoms with Gasteiger partial charge in [0.1, 0.15) is 5.82 Å². The van der Waals surface area contributed by atoms with Crippen molar-refractivity contribution in [3.05, 3.63) is 76.8 Å². The van der Waals surface area contributed by atoms with Crippen LogP contribution in [-0.2, 0) is 13.1 Å². The van der Waals surface area contributed by atoms with Crippen molar-refractivity contribution < 1.29 is 9.18 Å². The fourth-order valence-electron chi connectivity index (χ4n) is 2.66. The Morgan fingerprint density at radius 3 is 2.79 bits per heavy atom. The quantitative estimate of drug-likeness (QED) is 0.554. The molecule has 0 atom stereocenters. The predicted octanol–water partition coefficient (Wildman–Crippen LogP) is 4.85. The highest BCUT2D eigenvalue weighted by molar-refractivity contribution is 6.32. The summed E-state index contributed by atoms with van der Waals surface area (Å²) in [6, 6.07) is 7.34. The van der Waals surface area contributed by atoms with Gasteiger partial charge in [-0.2, -0.15) is 0 Å². The fourth-order valence-corrected chi connectivity index (χ4v) is 3.05. The molecule has 28 heavy (non-hydrogen) atoms. The molecule has 146 valence electrons. The minimum absolute atomic E-state index is 0.0269. The molecule has 0 radical (unpaired) electrons. The summed E-state index contributed by atoms with van der Waals surface area (Å²) >= 11 is 12.2. The van der Waals surface area contributed by atoms with Crippen LogP contribution in [0.15, 0.2) is 55.2 Å². The van der Waals surface area contributed by atoms with Crippen molar-refractivity contribution in [1.82, 2.24) is 19.4 Å². The molecular weight excluding hydrogens is 404 g/mol. The number of aryl methyl sites for hydroxylation is 1. The van der Waals surface area contributed by atoms with E-state index in [2.05, 4.69) is 15.3 Å². The first kappa shape index (κ1) is 20.1. The Bertz CT molecular complexity index is 916. The van der Waals surface area contributed by atoms with E-state index in [1.54, 1.807) is 30.7 Å². The average molecular weight is 422 g/mol. The molecule has 3 aromatic rings. The van der Waals surface area contributed by atoms with Gasteiger partial charge in [0, 0.05) is 42.3 Å². The number of pyridine rings is 1. The second-order valence-electron chi connectivity index (χ2n) is 6.05. The number of urea groups is 1. The Balaban J connectivity index is 1.74. The number of aromatic nitrogens is 3. The van der Waals surface area contributed by atoms with E-state index in [1.807, 2.05) is 10.8 Å². The first-order valence-corrected chi connectivity index (χ1v) is 9.35. The summed E-state index contributed by atoms with van der Waals surface area (Å²) in [4.78, 5) is 22.3. The van der Waals surface area contributed by atoms with E-state index >= 15 is 0 Å². The largest absolute Gasteiger partial charge is 0.337 e.